The Kier molecular flexibility index (Phi) is 6.49. The van der Waals surface area contributed by atoms with Crippen molar-refractivity contribution < 1.29 is 19.4 Å². The van der Waals surface area contributed by atoms with E-state index in [1.165, 1.54) is 19.3 Å². The van der Waals surface area contributed by atoms with Gasteiger partial charge in [0.1, 0.15) is 0 Å². The number of carbonyl (C=O) groups excluding carboxylic acids is 1. The second-order valence-corrected chi connectivity index (χ2v) is 6.41. The maximum absolute atomic E-state index is 12.0. The van der Waals surface area contributed by atoms with Gasteiger partial charge in [-0.15, -0.1) is 0 Å². The van der Waals surface area contributed by atoms with Gasteiger partial charge in [-0.25, -0.2) is 0 Å². The smallest absolute Gasteiger partial charge is 0.308 e. The van der Waals surface area contributed by atoms with Gasteiger partial charge in [0.2, 0.25) is 5.91 Å². The molecular weight excluding hydrogens is 270 g/mol. The van der Waals surface area contributed by atoms with E-state index >= 15 is 0 Å². The molecule has 1 unspecified atom stereocenters. The van der Waals surface area contributed by atoms with Crippen molar-refractivity contribution in [2.75, 3.05) is 19.8 Å². The van der Waals surface area contributed by atoms with Crippen molar-refractivity contribution >= 4 is 11.9 Å². The highest BCUT2D eigenvalue weighted by atomic mass is 16.5. The summed E-state index contributed by atoms with van der Waals surface area (Å²) in [6, 6.07) is 0. The minimum Gasteiger partial charge on any atom is -0.481 e. The Morgan fingerprint density at radius 2 is 1.76 bits per heavy atom. The van der Waals surface area contributed by atoms with Gasteiger partial charge in [0, 0.05) is 26.2 Å². The Hall–Kier alpha value is -1.10. The fraction of sp³-hybridized carbons (Fsp3) is 0.875. The summed E-state index contributed by atoms with van der Waals surface area (Å²) in [7, 11) is 0. The third-order valence-corrected chi connectivity index (χ3v) is 4.87. The molecule has 1 saturated carbocycles. The number of nitrogens with one attached hydrogen (secondary N) is 1. The molecule has 0 bridgehead atoms. The van der Waals surface area contributed by atoms with Crippen molar-refractivity contribution in [1.82, 2.24) is 5.32 Å². The van der Waals surface area contributed by atoms with E-state index in [2.05, 4.69) is 5.32 Å². The Balaban J connectivity index is 1.75. The average Bonchev–Trinajstić information content (AvgIpc) is 2.49. The highest BCUT2D eigenvalue weighted by molar-refractivity contribution is 5.77. The molecule has 0 aromatic rings. The minimum absolute atomic E-state index is 0.0141. The molecule has 0 spiro atoms. The summed E-state index contributed by atoms with van der Waals surface area (Å²) in [5.41, 5.74) is 0. The largest absolute Gasteiger partial charge is 0.481 e. The van der Waals surface area contributed by atoms with Gasteiger partial charge in [-0.05, 0) is 37.5 Å². The molecule has 0 radical (unpaired) electrons. The Morgan fingerprint density at radius 1 is 1.10 bits per heavy atom. The van der Waals surface area contributed by atoms with Crippen molar-refractivity contribution in [2.24, 2.45) is 17.8 Å². The fourth-order valence-electron chi connectivity index (χ4n) is 3.52. The van der Waals surface area contributed by atoms with Crippen LogP contribution in [0.1, 0.15) is 51.4 Å². The van der Waals surface area contributed by atoms with E-state index in [0.717, 1.165) is 25.7 Å². The lowest BCUT2D eigenvalue weighted by Crippen LogP contribution is -2.39. The molecule has 1 amide bonds. The monoisotopic (exact) mass is 297 g/mol. The number of hydrogen-bond acceptors (Lipinski definition) is 3. The highest BCUT2D eigenvalue weighted by Gasteiger charge is 2.30. The minimum atomic E-state index is -0.806. The van der Waals surface area contributed by atoms with E-state index in [0.29, 0.717) is 25.6 Å². The van der Waals surface area contributed by atoms with Crippen LogP contribution in [0.5, 0.6) is 0 Å². The van der Waals surface area contributed by atoms with Crippen LogP contribution in [0, 0.1) is 17.8 Å². The van der Waals surface area contributed by atoms with Crippen molar-refractivity contribution in [3.63, 3.8) is 0 Å². The summed E-state index contributed by atoms with van der Waals surface area (Å²) in [5, 5.41) is 12.2. The molecule has 2 rings (SSSR count). The first-order valence-corrected chi connectivity index (χ1v) is 8.24. The van der Waals surface area contributed by atoms with Crippen molar-refractivity contribution in [1.29, 1.82) is 0 Å². The number of carbonyl (C=O) groups is 2. The predicted molar refractivity (Wildman–Crippen MR) is 78.9 cm³/mol. The zero-order chi connectivity index (χ0) is 15.1. The SMILES string of the molecule is O=C(CC1CCCCC1)NCC(C(=O)O)C1CCOCC1. The average molecular weight is 297 g/mol. The molecule has 1 heterocycles. The van der Waals surface area contributed by atoms with Gasteiger partial charge >= 0.3 is 5.97 Å². The lowest BCUT2D eigenvalue weighted by Gasteiger charge is -2.28. The van der Waals surface area contributed by atoms with Gasteiger partial charge < -0.3 is 15.2 Å². The summed E-state index contributed by atoms with van der Waals surface area (Å²) >= 11 is 0. The van der Waals surface area contributed by atoms with E-state index in [1.807, 2.05) is 0 Å². The van der Waals surface area contributed by atoms with Crippen molar-refractivity contribution in [2.45, 2.75) is 51.4 Å². The second kappa shape index (κ2) is 8.37. The Bertz CT molecular complexity index is 346. The van der Waals surface area contributed by atoms with Gasteiger partial charge in [0.25, 0.3) is 0 Å². The molecule has 2 fully saturated rings. The van der Waals surface area contributed by atoms with Gasteiger partial charge in [0.05, 0.1) is 5.92 Å². The molecule has 5 heteroatoms. The third kappa shape index (κ3) is 5.30. The van der Waals surface area contributed by atoms with Gasteiger partial charge in [0.15, 0.2) is 0 Å². The highest BCUT2D eigenvalue weighted by Crippen LogP contribution is 2.26. The lowest BCUT2D eigenvalue weighted by molar-refractivity contribution is -0.145. The molecule has 1 aliphatic carbocycles. The number of carboxylic acid groups (broad SMARTS) is 1. The molecule has 1 saturated heterocycles. The Labute approximate surface area is 126 Å². The molecular formula is C16H27NO4. The first-order valence-electron chi connectivity index (χ1n) is 8.24. The topological polar surface area (TPSA) is 75.6 Å². The number of carboxylic acids is 1. The van der Waals surface area contributed by atoms with Crippen molar-refractivity contribution in [3.05, 3.63) is 0 Å². The van der Waals surface area contributed by atoms with Crippen LogP contribution in [-0.4, -0.2) is 36.7 Å². The van der Waals surface area contributed by atoms with E-state index in [-0.39, 0.29) is 18.4 Å². The van der Waals surface area contributed by atoms with E-state index in [4.69, 9.17) is 4.74 Å². The Morgan fingerprint density at radius 3 is 2.38 bits per heavy atom. The maximum Gasteiger partial charge on any atom is 0.308 e. The molecule has 5 nitrogen and oxygen atoms in total. The van der Waals surface area contributed by atoms with Crippen molar-refractivity contribution in [3.8, 4) is 0 Å². The van der Waals surface area contributed by atoms with Crippen LogP contribution in [0.4, 0.5) is 0 Å². The number of hydrogen-bond donors (Lipinski definition) is 2. The molecule has 2 N–H and O–H groups in total. The standard InChI is InChI=1S/C16H27NO4/c18-15(10-12-4-2-1-3-5-12)17-11-14(16(19)20)13-6-8-21-9-7-13/h12-14H,1-11H2,(H,17,18)(H,19,20). The number of amides is 1. The summed E-state index contributed by atoms with van der Waals surface area (Å²) < 4.78 is 5.28. The summed E-state index contributed by atoms with van der Waals surface area (Å²) in [5.74, 6) is -0.666. The van der Waals surface area contributed by atoms with Crippen LogP contribution in [0.25, 0.3) is 0 Å². The van der Waals surface area contributed by atoms with Crippen LogP contribution in [0.2, 0.25) is 0 Å². The molecule has 0 aromatic carbocycles. The second-order valence-electron chi connectivity index (χ2n) is 6.41. The molecule has 0 aromatic heterocycles. The maximum atomic E-state index is 12.0. The van der Waals surface area contributed by atoms with E-state index in [1.54, 1.807) is 0 Å². The number of aliphatic carboxylic acids is 1. The molecule has 1 aliphatic heterocycles. The normalized spacial score (nSPS) is 22.7. The molecule has 2 aliphatic rings. The summed E-state index contributed by atoms with van der Waals surface area (Å²) in [6.45, 7) is 1.51. The number of rotatable bonds is 6. The van der Waals surface area contributed by atoms with Gasteiger partial charge in [-0.3, -0.25) is 9.59 Å². The zero-order valence-corrected chi connectivity index (χ0v) is 12.7. The van der Waals surface area contributed by atoms with Crippen LogP contribution in [0.15, 0.2) is 0 Å². The lowest BCUT2D eigenvalue weighted by atomic mass is 9.85. The van der Waals surface area contributed by atoms with E-state index < -0.39 is 11.9 Å². The van der Waals surface area contributed by atoms with Gasteiger partial charge in [-0.2, -0.15) is 0 Å². The fourth-order valence-corrected chi connectivity index (χ4v) is 3.52. The van der Waals surface area contributed by atoms with Crippen LogP contribution < -0.4 is 5.32 Å². The third-order valence-electron chi connectivity index (χ3n) is 4.87. The van der Waals surface area contributed by atoms with Gasteiger partial charge in [-0.1, -0.05) is 19.3 Å². The molecule has 120 valence electrons. The first kappa shape index (κ1) is 16.3. The van der Waals surface area contributed by atoms with Crippen LogP contribution >= 0.6 is 0 Å². The summed E-state index contributed by atoms with van der Waals surface area (Å²) in [4.78, 5) is 23.4. The zero-order valence-electron chi connectivity index (χ0n) is 12.7. The summed E-state index contributed by atoms with van der Waals surface area (Å²) in [6.07, 6.45) is 8.09. The van der Waals surface area contributed by atoms with Crippen LogP contribution in [-0.2, 0) is 14.3 Å². The van der Waals surface area contributed by atoms with E-state index in [9.17, 15) is 14.7 Å². The predicted octanol–water partition coefficient (Wildman–Crippen LogP) is 2.20. The molecule has 1 atom stereocenters. The van der Waals surface area contributed by atoms with Crippen LogP contribution in [0.3, 0.4) is 0 Å². The molecule has 21 heavy (non-hydrogen) atoms. The quantitative estimate of drug-likeness (QED) is 0.788. The number of ether oxygens (including phenoxy) is 1. The first-order chi connectivity index (χ1) is 10.2.